The van der Waals surface area contributed by atoms with Crippen molar-refractivity contribution >= 4 is 17.6 Å². The SMILES string of the molecule is Cc1ccc(-n2nc(C)c(NC(=O)COC(=O)Cn3cnnn3)c2C)cc1. The van der Waals surface area contributed by atoms with Crippen molar-refractivity contribution in [1.82, 2.24) is 30.0 Å². The number of rotatable bonds is 6. The van der Waals surface area contributed by atoms with Crippen LogP contribution in [-0.4, -0.2) is 48.5 Å². The van der Waals surface area contributed by atoms with E-state index in [0.717, 1.165) is 16.9 Å². The van der Waals surface area contributed by atoms with E-state index in [-0.39, 0.29) is 6.54 Å². The van der Waals surface area contributed by atoms with E-state index in [0.29, 0.717) is 11.4 Å². The minimum Gasteiger partial charge on any atom is -0.454 e. The number of esters is 1. The van der Waals surface area contributed by atoms with Crippen molar-refractivity contribution in [1.29, 1.82) is 0 Å². The molecule has 1 aromatic carbocycles. The number of carbonyl (C=O) groups is 2. The Morgan fingerprint density at radius 2 is 1.89 bits per heavy atom. The lowest BCUT2D eigenvalue weighted by molar-refractivity contribution is -0.148. The largest absolute Gasteiger partial charge is 0.454 e. The summed E-state index contributed by atoms with van der Waals surface area (Å²) in [7, 11) is 0. The fourth-order valence-corrected chi connectivity index (χ4v) is 2.51. The quantitative estimate of drug-likeness (QED) is 0.643. The zero-order chi connectivity index (χ0) is 19.4. The zero-order valence-electron chi connectivity index (χ0n) is 15.2. The first kappa shape index (κ1) is 18.2. The summed E-state index contributed by atoms with van der Waals surface area (Å²) in [6, 6.07) is 7.91. The molecule has 0 aliphatic heterocycles. The van der Waals surface area contributed by atoms with Gasteiger partial charge in [-0.2, -0.15) is 5.10 Å². The van der Waals surface area contributed by atoms with E-state index in [1.807, 2.05) is 38.1 Å². The number of amides is 1. The number of benzene rings is 1. The molecule has 3 aromatic rings. The summed E-state index contributed by atoms with van der Waals surface area (Å²) < 4.78 is 7.91. The molecule has 0 unspecified atom stereocenters. The Balaban J connectivity index is 1.62. The second-order valence-electron chi connectivity index (χ2n) is 6.01. The summed E-state index contributed by atoms with van der Waals surface area (Å²) in [4.78, 5) is 23.8. The summed E-state index contributed by atoms with van der Waals surface area (Å²) in [6.45, 7) is 5.10. The van der Waals surface area contributed by atoms with Crippen LogP contribution in [0.2, 0.25) is 0 Å². The van der Waals surface area contributed by atoms with Gasteiger partial charge in [-0.1, -0.05) is 17.7 Å². The molecule has 0 atom stereocenters. The van der Waals surface area contributed by atoms with Crippen LogP contribution in [0.4, 0.5) is 5.69 Å². The number of ether oxygens (including phenoxy) is 1. The second-order valence-corrected chi connectivity index (χ2v) is 6.01. The Labute approximate surface area is 155 Å². The molecule has 0 aliphatic rings. The molecule has 0 fully saturated rings. The number of aromatic nitrogens is 6. The predicted octanol–water partition coefficient (Wildman–Crippen LogP) is 0.966. The lowest BCUT2D eigenvalue weighted by Gasteiger charge is -2.08. The van der Waals surface area contributed by atoms with Gasteiger partial charge in [-0.05, 0) is 43.3 Å². The number of nitrogens with zero attached hydrogens (tertiary/aromatic N) is 6. The number of hydrogen-bond donors (Lipinski definition) is 1. The van der Waals surface area contributed by atoms with Crippen LogP contribution in [0.5, 0.6) is 0 Å². The predicted molar refractivity (Wildman–Crippen MR) is 95.2 cm³/mol. The maximum absolute atomic E-state index is 12.1. The van der Waals surface area contributed by atoms with Crippen molar-refractivity contribution in [2.24, 2.45) is 0 Å². The smallest absolute Gasteiger partial charge is 0.328 e. The molecule has 1 N–H and O–H groups in total. The third-order valence-corrected chi connectivity index (χ3v) is 3.88. The highest BCUT2D eigenvalue weighted by Gasteiger charge is 2.16. The van der Waals surface area contributed by atoms with Gasteiger partial charge in [-0.3, -0.25) is 9.59 Å². The average Bonchev–Trinajstić information content (AvgIpc) is 3.24. The van der Waals surface area contributed by atoms with Crippen molar-refractivity contribution in [2.45, 2.75) is 27.3 Å². The van der Waals surface area contributed by atoms with Crippen LogP contribution in [0.15, 0.2) is 30.6 Å². The molecule has 3 rings (SSSR count). The summed E-state index contributed by atoms with van der Waals surface area (Å²) in [6.07, 6.45) is 1.29. The van der Waals surface area contributed by atoms with Crippen LogP contribution < -0.4 is 5.32 Å². The van der Waals surface area contributed by atoms with Gasteiger partial charge in [0.05, 0.1) is 22.8 Å². The minimum atomic E-state index is -0.610. The number of hydrogen-bond acceptors (Lipinski definition) is 7. The normalized spacial score (nSPS) is 10.6. The first-order chi connectivity index (χ1) is 12.9. The van der Waals surface area contributed by atoms with E-state index in [2.05, 4.69) is 25.9 Å². The maximum atomic E-state index is 12.1. The molecule has 0 spiro atoms. The summed E-state index contributed by atoms with van der Waals surface area (Å²) in [5, 5.41) is 17.6. The molecule has 0 radical (unpaired) electrons. The monoisotopic (exact) mass is 369 g/mol. The van der Waals surface area contributed by atoms with E-state index in [9.17, 15) is 9.59 Å². The first-order valence-corrected chi connectivity index (χ1v) is 8.23. The van der Waals surface area contributed by atoms with Crippen LogP contribution in [0.25, 0.3) is 5.69 Å². The molecule has 10 heteroatoms. The molecule has 0 saturated carbocycles. The van der Waals surface area contributed by atoms with Crippen LogP contribution in [0, 0.1) is 20.8 Å². The molecule has 1 amide bonds. The Hall–Kier alpha value is -3.56. The fourth-order valence-electron chi connectivity index (χ4n) is 2.51. The van der Waals surface area contributed by atoms with Crippen molar-refractivity contribution in [2.75, 3.05) is 11.9 Å². The maximum Gasteiger partial charge on any atom is 0.328 e. The molecule has 0 aliphatic carbocycles. The lowest BCUT2D eigenvalue weighted by Crippen LogP contribution is -2.23. The van der Waals surface area contributed by atoms with Gasteiger partial charge in [0.15, 0.2) is 6.61 Å². The lowest BCUT2D eigenvalue weighted by atomic mass is 10.2. The second kappa shape index (κ2) is 7.77. The van der Waals surface area contributed by atoms with Crippen LogP contribution >= 0.6 is 0 Å². The van der Waals surface area contributed by atoms with E-state index < -0.39 is 18.5 Å². The minimum absolute atomic E-state index is 0.163. The van der Waals surface area contributed by atoms with Gasteiger partial charge in [0, 0.05) is 0 Å². The molecule has 27 heavy (non-hydrogen) atoms. The number of carbonyl (C=O) groups excluding carboxylic acids is 2. The van der Waals surface area contributed by atoms with E-state index >= 15 is 0 Å². The van der Waals surface area contributed by atoms with Gasteiger partial charge in [0.1, 0.15) is 12.9 Å². The third-order valence-electron chi connectivity index (χ3n) is 3.88. The molecule has 10 nitrogen and oxygen atoms in total. The van der Waals surface area contributed by atoms with Gasteiger partial charge in [0.25, 0.3) is 5.91 Å². The fraction of sp³-hybridized carbons (Fsp3) is 0.294. The van der Waals surface area contributed by atoms with E-state index in [1.165, 1.54) is 11.0 Å². The standard InChI is InChI=1S/C17H19N7O3/c1-11-4-6-14(7-5-11)24-13(3)17(12(2)20-24)19-15(25)9-27-16(26)8-23-10-18-21-22-23/h4-7,10H,8-9H2,1-3H3,(H,19,25). The van der Waals surface area contributed by atoms with Crippen molar-refractivity contribution in [3.8, 4) is 5.69 Å². The molecule has 0 bridgehead atoms. The topological polar surface area (TPSA) is 117 Å². The Kier molecular flexibility index (Phi) is 5.25. The highest BCUT2D eigenvalue weighted by atomic mass is 16.5. The average molecular weight is 369 g/mol. The first-order valence-electron chi connectivity index (χ1n) is 8.23. The van der Waals surface area contributed by atoms with Crippen molar-refractivity contribution < 1.29 is 14.3 Å². The highest BCUT2D eigenvalue weighted by molar-refractivity contribution is 5.93. The zero-order valence-corrected chi connectivity index (χ0v) is 15.2. The van der Waals surface area contributed by atoms with Gasteiger partial charge in [0.2, 0.25) is 0 Å². The Morgan fingerprint density at radius 3 is 2.56 bits per heavy atom. The molecular weight excluding hydrogens is 350 g/mol. The number of aryl methyl sites for hydroxylation is 2. The molecule has 2 aromatic heterocycles. The van der Waals surface area contributed by atoms with Gasteiger partial charge >= 0.3 is 5.97 Å². The van der Waals surface area contributed by atoms with Crippen molar-refractivity contribution in [3.05, 3.63) is 47.5 Å². The molecule has 2 heterocycles. The highest BCUT2D eigenvalue weighted by Crippen LogP contribution is 2.23. The number of tetrazole rings is 1. The molecular formula is C17H19N7O3. The molecule has 140 valence electrons. The summed E-state index contributed by atoms with van der Waals surface area (Å²) in [5.74, 6) is -1.06. The van der Waals surface area contributed by atoms with Gasteiger partial charge < -0.3 is 10.1 Å². The van der Waals surface area contributed by atoms with Gasteiger partial charge in [-0.15, -0.1) is 5.10 Å². The van der Waals surface area contributed by atoms with Crippen LogP contribution in [-0.2, 0) is 20.9 Å². The summed E-state index contributed by atoms with van der Waals surface area (Å²) in [5.41, 5.74) is 4.09. The van der Waals surface area contributed by atoms with Crippen LogP contribution in [0.3, 0.4) is 0 Å². The number of anilines is 1. The molecule has 0 saturated heterocycles. The van der Waals surface area contributed by atoms with E-state index in [4.69, 9.17) is 4.74 Å². The number of nitrogens with one attached hydrogen (secondary N) is 1. The van der Waals surface area contributed by atoms with Crippen molar-refractivity contribution in [3.63, 3.8) is 0 Å². The summed E-state index contributed by atoms with van der Waals surface area (Å²) >= 11 is 0. The van der Waals surface area contributed by atoms with Crippen LogP contribution in [0.1, 0.15) is 17.0 Å². The Morgan fingerprint density at radius 1 is 1.15 bits per heavy atom. The van der Waals surface area contributed by atoms with Gasteiger partial charge in [-0.25, -0.2) is 9.36 Å². The third kappa shape index (κ3) is 4.35. The van der Waals surface area contributed by atoms with E-state index in [1.54, 1.807) is 11.6 Å². The Bertz CT molecular complexity index is 946.